The van der Waals surface area contributed by atoms with Crippen LogP contribution in [0.2, 0.25) is 0 Å². The van der Waals surface area contributed by atoms with Gasteiger partial charge in [0.2, 0.25) is 0 Å². The van der Waals surface area contributed by atoms with Crippen molar-refractivity contribution >= 4 is 17.7 Å². The Labute approximate surface area is 142 Å². The van der Waals surface area contributed by atoms with Crippen molar-refractivity contribution in [3.63, 3.8) is 0 Å². The van der Waals surface area contributed by atoms with Crippen molar-refractivity contribution in [3.05, 3.63) is 24.3 Å². The van der Waals surface area contributed by atoms with E-state index in [4.69, 9.17) is 9.84 Å². The molecule has 0 bridgehead atoms. The number of likely N-dealkylation sites (tertiary alicyclic amines) is 1. The van der Waals surface area contributed by atoms with Gasteiger partial charge in [0, 0.05) is 13.1 Å². The molecule has 0 aliphatic carbocycles. The highest BCUT2D eigenvalue weighted by molar-refractivity contribution is 5.91. The molecule has 2 amide bonds. The standard InChI is InChI=1S/C16H19F3N2O4/c1-10(16(17,18)19)25-13-7-3-2-6-12(13)20-15(24)21-8-4-5-11(9-21)14(22)23/h2-3,6-7,10-11H,4-5,8-9H2,1H3,(H,20,24)(H,22,23). The van der Waals surface area contributed by atoms with E-state index in [9.17, 15) is 22.8 Å². The van der Waals surface area contributed by atoms with Gasteiger partial charge in [-0.05, 0) is 31.9 Å². The van der Waals surface area contributed by atoms with Crippen molar-refractivity contribution in [2.75, 3.05) is 18.4 Å². The quantitative estimate of drug-likeness (QED) is 0.863. The zero-order valence-electron chi connectivity index (χ0n) is 13.5. The van der Waals surface area contributed by atoms with Crippen LogP contribution < -0.4 is 10.1 Å². The van der Waals surface area contributed by atoms with E-state index < -0.39 is 30.2 Å². The van der Waals surface area contributed by atoms with Crippen LogP contribution in [-0.4, -0.2) is 47.4 Å². The summed E-state index contributed by atoms with van der Waals surface area (Å²) in [7, 11) is 0. The minimum Gasteiger partial charge on any atom is -0.481 e. The molecule has 1 fully saturated rings. The molecular formula is C16H19F3N2O4. The number of ether oxygens (including phenoxy) is 1. The molecule has 1 heterocycles. The molecule has 1 aromatic rings. The third kappa shape index (κ3) is 5.01. The van der Waals surface area contributed by atoms with Crippen molar-refractivity contribution in [3.8, 4) is 5.75 Å². The number of nitrogens with one attached hydrogen (secondary N) is 1. The van der Waals surface area contributed by atoms with Crippen LogP contribution in [0.3, 0.4) is 0 Å². The Morgan fingerprint density at radius 2 is 2.04 bits per heavy atom. The van der Waals surface area contributed by atoms with Crippen molar-refractivity contribution < 1.29 is 32.6 Å². The minimum absolute atomic E-state index is 0.0587. The van der Waals surface area contributed by atoms with Gasteiger partial charge in [0.1, 0.15) is 5.75 Å². The molecule has 1 aliphatic heterocycles. The number of aliphatic carboxylic acids is 1. The highest BCUT2D eigenvalue weighted by Crippen LogP contribution is 2.30. The molecule has 0 radical (unpaired) electrons. The molecule has 138 valence electrons. The van der Waals surface area contributed by atoms with E-state index >= 15 is 0 Å². The number of para-hydroxylation sites is 2. The van der Waals surface area contributed by atoms with Gasteiger partial charge in [0.25, 0.3) is 0 Å². The maximum Gasteiger partial charge on any atom is 0.425 e. The summed E-state index contributed by atoms with van der Waals surface area (Å²) in [5.74, 6) is -1.72. The van der Waals surface area contributed by atoms with Crippen LogP contribution in [0.25, 0.3) is 0 Å². The largest absolute Gasteiger partial charge is 0.481 e. The summed E-state index contributed by atoms with van der Waals surface area (Å²) in [6.07, 6.45) is -5.52. The first kappa shape index (κ1) is 18.9. The van der Waals surface area contributed by atoms with Crippen molar-refractivity contribution in [1.82, 2.24) is 4.90 Å². The molecule has 25 heavy (non-hydrogen) atoms. The zero-order valence-corrected chi connectivity index (χ0v) is 13.5. The number of carbonyl (C=O) groups is 2. The monoisotopic (exact) mass is 360 g/mol. The second-order valence-electron chi connectivity index (χ2n) is 5.85. The summed E-state index contributed by atoms with van der Waals surface area (Å²) in [6.45, 7) is 1.32. The summed E-state index contributed by atoms with van der Waals surface area (Å²) in [4.78, 5) is 24.7. The second-order valence-corrected chi connectivity index (χ2v) is 5.85. The lowest BCUT2D eigenvalue weighted by atomic mass is 9.99. The van der Waals surface area contributed by atoms with Gasteiger partial charge in [-0.3, -0.25) is 4.79 Å². The van der Waals surface area contributed by atoms with E-state index in [2.05, 4.69) is 5.32 Å². The lowest BCUT2D eigenvalue weighted by molar-refractivity contribution is -0.189. The number of hydrogen-bond acceptors (Lipinski definition) is 3. The molecule has 2 N–H and O–H groups in total. The second kappa shape index (κ2) is 7.62. The van der Waals surface area contributed by atoms with E-state index in [-0.39, 0.29) is 18.0 Å². The number of benzene rings is 1. The number of nitrogens with zero attached hydrogens (tertiary/aromatic N) is 1. The minimum atomic E-state index is -4.53. The Bertz CT molecular complexity index is 636. The Hall–Kier alpha value is -2.45. The van der Waals surface area contributed by atoms with Crippen LogP contribution in [-0.2, 0) is 4.79 Å². The summed E-state index contributed by atoms with van der Waals surface area (Å²) >= 11 is 0. The predicted octanol–water partition coefficient (Wildman–Crippen LogP) is 3.34. The van der Waals surface area contributed by atoms with Crippen LogP contribution in [0.1, 0.15) is 19.8 Å². The predicted molar refractivity (Wildman–Crippen MR) is 83.5 cm³/mol. The SMILES string of the molecule is CC(Oc1ccccc1NC(=O)N1CCCC(C(=O)O)C1)C(F)(F)F. The fourth-order valence-electron chi connectivity index (χ4n) is 2.49. The summed E-state index contributed by atoms with van der Waals surface area (Å²) in [6, 6.07) is 5.23. The number of piperidine rings is 1. The number of carboxylic acids is 1. The molecular weight excluding hydrogens is 341 g/mol. The molecule has 2 atom stereocenters. The van der Waals surface area contributed by atoms with E-state index in [1.807, 2.05) is 0 Å². The average molecular weight is 360 g/mol. The summed E-state index contributed by atoms with van der Waals surface area (Å²) in [5, 5.41) is 11.6. The third-order valence-electron chi connectivity index (χ3n) is 3.95. The fraction of sp³-hybridized carbons (Fsp3) is 0.500. The first-order valence-corrected chi connectivity index (χ1v) is 7.79. The number of urea groups is 1. The molecule has 9 heteroatoms. The molecule has 0 spiro atoms. The molecule has 2 rings (SSSR count). The van der Waals surface area contributed by atoms with Crippen LogP contribution in [0.15, 0.2) is 24.3 Å². The van der Waals surface area contributed by atoms with Gasteiger partial charge in [-0.15, -0.1) is 0 Å². The van der Waals surface area contributed by atoms with Gasteiger partial charge in [0.15, 0.2) is 6.10 Å². The van der Waals surface area contributed by atoms with Gasteiger partial charge < -0.3 is 20.1 Å². The first-order chi connectivity index (χ1) is 11.7. The fourth-order valence-corrected chi connectivity index (χ4v) is 2.49. The van der Waals surface area contributed by atoms with Gasteiger partial charge in [-0.2, -0.15) is 13.2 Å². The first-order valence-electron chi connectivity index (χ1n) is 7.79. The lowest BCUT2D eigenvalue weighted by Gasteiger charge is -2.31. The Morgan fingerprint density at radius 3 is 2.68 bits per heavy atom. The van der Waals surface area contributed by atoms with E-state index in [1.54, 1.807) is 6.07 Å². The van der Waals surface area contributed by atoms with Crippen LogP contribution in [0, 0.1) is 5.92 Å². The van der Waals surface area contributed by atoms with Crippen molar-refractivity contribution in [2.45, 2.75) is 32.0 Å². The van der Waals surface area contributed by atoms with E-state index in [0.717, 1.165) is 6.92 Å². The molecule has 1 aliphatic rings. The van der Waals surface area contributed by atoms with Crippen LogP contribution in [0.4, 0.5) is 23.7 Å². The Morgan fingerprint density at radius 1 is 1.36 bits per heavy atom. The maximum absolute atomic E-state index is 12.7. The smallest absolute Gasteiger partial charge is 0.425 e. The normalized spacial score (nSPS) is 19.2. The van der Waals surface area contributed by atoms with Crippen LogP contribution in [0.5, 0.6) is 5.75 Å². The van der Waals surface area contributed by atoms with Crippen molar-refractivity contribution in [1.29, 1.82) is 0 Å². The van der Waals surface area contributed by atoms with Crippen molar-refractivity contribution in [2.24, 2.45) is 5.92 Å². The Balaban J connectivity index is 2.07. The molecule has 0 saturated carbocycles. The number of anilines is 1. The number of rotatable bonds is 4. The summed E-state index contributed by atoms with van der Waals surface area (Å²) in [5.41, 5.74) is 0.0982. The van der Waals surface area contributed by atoms with E-state index in [0.29, 0.717) is 19.4 Å². The summed E-state index contributed by atoms with van der Waals surface area (Å²) < 4.78 is 42.9. The molecule has 6 nitrogen and oxygen atoms in total. The number of carbonyl (C=O) groups excluding carboxylic acids is 1. The van der Waals surface area contributed by atoms with Gasteiger partial charge in [0.05, 0.1) is 11.6 Å². The number of halogens is 3. The third-order valence-corrected chi connectivity index (χ3v) is 3.95. The van der Waals surface area contributed by atoms with Gasteiger partial charge in [-0.25, -0.2) is 4.79 Å². The number of alkyl halides is 3. The van der Waals surface area contributed by atoms with Gasteiger partial charge in [-0.1, -0.05) is 12.1 Å². The van der Waals surface area contributed by atoms with E-state index in [1.165, 1.54) is 23.1 Å². The molecule has 2 unspecified atom stereocenters. The highest BCUT2D eigenvalue weighted by Gasteiger charge is 2.38. The maximum atomic E-state index is 12.7. The van der Waals surface area contributed by atoms with Gasteiger partial charge >= 0.3 is 18.2 Å². The number of carboxylic acid groups (broad SMARTS) is 1. The number of amides is 2. The van der Waals surface area contributed by atoms with Crippen LogP contribution >= 0.6 is 0 Å². The zero-order chi connectivity index (χ0) is 18.6. The topological polar surface area (TPSA) is 78.9 Å². The lowest BCUT2D eigenvalue weighted by Crippen LogP contribution is -2.44. The molecule has 1 aromatic carbocycles. The molecule has 0 aromatic heterocycles. The Kier molecular flexibility index (Phi) is 5.76. The number of hydrogen-bond donors (Lipinski definition) is 2. The highest BCUT2D eigenvalue weighted by atomic mass is 19.4. The molecule has 1 saturated heterocycles. The average Bonchev–Trinajstić information content (AvgIpc) is 2.55.